The van der Waals surface area contributed by atoms with Gasteiger partial charge in [0.2, 0.25) is 0 Å². The van der Waals surface area contributed by atoms with Crippen molar-refractivity contribution in [2.45, 2.75) is 51.9 Å². The lowest BCUT2D eigenvalue weighted by atomic mass is 9.53. The van der Waals surface area contributed by atoms with E-state index in [1.54, 1.807) is 0 Å². The molecule has 0 saturated heterocycles. The predicted molar refractivity (Wildman–Crippen MR) is 62.1 cm³/mol. The first kappa shape index (κ1) is 10.5. The largest absolute Gasteiger partial charge is 0.280 e. The quantitative estimate of drug-likeness (QED) is 0.615. The first-order valence-corrected chi connectivity index (χ1v) is 6.17. The van der Waals surface area contributed by atoms with Gasteiger partial charge in [0.05, 0.1) is 0 Å². The van der Waals surface area contributed by atoms with Crippen LogP contribution in [0.4, 0.5) is 0 Å². The SMILES string of the molecule is CCC12CCC(/C(Cl)=N\C)(CC1)CC2. The number of hydrogen-bond acceptors (Lipinski definition) is 1. The fourth-order valence-electron chi connectivity index (χ4n) is 3.34. The van der Waals surface area contributed by atoms with E-state index in [9.17, 15) is 0 Å². The molecule has 0 amide bonds. The van der Waals surface area contributed by atoms with Crippen molar-refractivity contribution in [1.82, 2.24) is 0 Å². The zero-order valence-electron chi connectivity index (χ0n) is 9.27. The first-order chi connectivity index (χ1) is 6.66. The summed E-state index contributed by atoms with van der Waals surface area (Å²) in [4.78, 5) is 4.21. The number of halogens is 1. The van der Waals surface area contributed by atoms with Crippen LogP contribution in [0, 0.1) is 10.8 Å². The highest BCUT2D eigenvalue weighted by molar-refractivity contribution is 6.66. The Labute approximate surface area is 91.9 Å². The van der Waals surface area contributed by atoms with Crippen LogP contribution in [0.25, 0.3) is 0 Å². The molecule has 14 heavy (non-hydrogen) atoms. The van der Waals surface area contributed by atoms with Gasteiger partial charge in [-0.2, -0.15) is 0 Å². The molecule has 3 aliphatic rings. The minimum Gasteiger partial charge on any atom is -0.280 e. The van der Waals surface area contributed by atoms with Crippen LogP contribution in [-0.2, 0) is 0 Å². The molecule has 2 bridgehead atoms. The van der Waals surface area contributed by atoms with Gasteiger partial charge in [-0.3, -0.25) is 4.99 Å². The molecule has 3 saturated carbocycles. The number of aliphatic imine (C=N–C) groups is 1. The van der Waals surface area contributed by atoms with E-state index in [1.807, 2.05) is 7.05 Å². The lowest BCUT2D eigenvalue weighted by Crippen LogP contribution is -2.44. The monoisotopic (exact) mass is 213 g/mol. The second-order valence-electron chi connectivity index (χ2n) is 5.15. The maximum atomic E-state index is 6.26. The van der Waals surface area contributed by atoms with Crippen LogP contribution in [-0.4, -0.2) is 12.2 Å². The highest BCUT2D eigenvalue weighted by Gasteiger charge is 2.49. The van der Waals surface area contributed by atoms with Crippen molar-refractivity contribution in [2.24, 2.45) is 15.8 Å². The summed E-state index contributed by atoms with van der Waals surface area (Å²) in [6.07, 6.45) is 9.29. The van der Waals surface area contributed by atoms with Crippen LogP contribution in [0.15, 0.2) is 4.99 Å². The maximum absolute atomic E-state index is 6.26. The Balaban J connectivity index is 2.16. The van der Waals surface area contributed by atoms with E-state index in [2.05, 4.69) is 11.9 Å². The third kappa shape index (κ3) is 1.41. The second kappa shape index (κ2) is 3.52. The van der Waals surface area contributed by atoms with Crippen molar-refractivity contribution in [2.75, 3.05) is 7.05 Å². The van der Waals surface area contributed by atoms with Crippen molar-refractivity contribution >= 4 is 16.8 Å². The molecule has 0 aromatic heterocycles. The smallest absolute Gasteiger partial charge is 0.106 e. The molecular weight excluding hydrogens is 194 g/mol. The summed E-state index contributed by atoms with van der Waals surface area (Å²) < 4.78 is 0. The van der Waals surface area contributed by atoms with E-state index in [1.165, 1.54) is 44.9 Å². The molecule has 0 heterocycles. The standard InChI is InChI=1S/C12H20ClN/c1-3-11-4-7-12(8-5-11,9-6-11)10(13)14-2/h3-9H2,1-2H3/b14-10+. The average molecular weight is 214 g/mol. The minimum absolute atomic E-state index is 0.285. The van der Waals surface area contributed by atoms with E-state index in [0.717, 1.165) is 5.17 Å². The molecule has 3 fully saturated rings. The third-order valence-corrected chi connectivity index (χ3v) is 5.36. The molecule has 80 valence electrons. The van der Waals surface area contributed by atoms with Crippen LogP contribution in [0.5, 0.6) is 0 Å². The molecule has 0 spiro atoms. The molecule has 3 rings (SSSR count). The van der Waals surface area contributed by atoms with Crippen LogP contribution in [0.1, 0.15) is 51.9 Å². The highest BCUT2D eigenvalue weighted by Crippen LogP contribution is 2.59. The number of fused-ring (bicyclic) bond motifs is 3. The van der Waals surface area contributed by atoms with Gasteiger partial charge in [-0.25, -0.2) is 0 Å². The van der Waals surface area contributed by atoms with Crippen LogP contribution in [0.3, 0.4) is 0 Å². The van der Waals surface area contributed by atoms with Gasteiger partial charge in [0.15, 0.2) is 0 Å². The zero-order chi connectivity index (χ0) is 10.2. The van der Waals surface area contributed by atoms with Crippen LogP contribution < -0.4 is 0 Å². The van der Waals surface area contributed by atoms with Crippen molar-refractivity contribution < 1.29 is 0 Å². The first-order valence-electron chi connectivity index (χ1n) is 5.79. The van der Waals surface area contributed by atoms with Gasteiger partial charge in [-0.15, -0.1) is 0 Å². The summed E-state index contributed by atoms with van der Waals surface area (Å²) in [6.45, 7) is 2.34. The molecule has 0 radical (unpaired) electrons. The molecule has 0 aromatic rings. The second-order valence-corrected chi connectivity index (χ2v) is 5.51. The van der Waals surface area contributed by atoms with E-state index in [-0.39, 0.29) is 5.41 Å². The Bertz CT molecular complexity index is 233. The summed E-state index contributed by atoms with van der Waals surface area (Å²) in [5, 5.41) is 0.891. The van der Waals surface area contributed by atoms with Crippen molar-refractivity contribution in [1.29, 1.82) is 0 Å². The number of rotatable bonds is 2. The van der Waals surface area contributed by atoms with Crippen molar-refractivity contribution in [3.8, 4) is 0 Å². The fourth-order valence-corrected chi connectivity index (χ4v) is 3.62. The molecule has 0 aromatic carbocycles. The van der Waals surface area contributed by atoms with E-state index >= 15 is 0 Å². The van der Waals surface area contributed by atoms with Gasteiger partial charge < -0.3 is 0 Å². The Hall–Kier alpha value is -0.0400. The maximum Gasteiger partial charge on any atom is 0.106 e. The van der Waals surface area contributed by atoms with E-state index < -0.39 is 0 Å². The molecule has 0 N–H and O–H groups in total. The number of hydrogen-bond donors (Lipinski definition) is 0. The molecule has 3 aliphatic carbocycles. The summed E-state index contributed by atoms with van der Waals surface area (Å²) in [5.41, 5.74) is 0.958. The zero-order valence-corrected chi connectivity index (χ0v) is 10.0. The number of nitrogens with zero attached hydrogens (tertiary/aromatic N) is 1. The summed E-state index contributed by atoms with van der Waals surface area (Å²) in [5.74, 6) is 0. The van der Waals surface area contributed by atoms with Gasteiger partial charge in [0, 0.05) is 12.5 Å². The average Bonchev–Trinajstić information content (AvgIpc) is 2.30. The molecule has 1 nitrogen and oxygen atoms in total. The van der Waals surface area contributed by atoms with Crippen molar-refractivity contribution in [3.63, 3.8) is 0 Å². The predicted octanol–water partition coefficient (Wildman–Crippen LogP) is 4.00. The van der Waals surface area contributed by atoms with Gasteiger partial charge in [-0.05, 0) is 43.9 Å². The molecule has 0 aliphatic heterocycles. The lowest BCUT2D eigenvalue weighted by Gasteiger charge is -2.52. The highest BCUT2D eigenvalue weighted by atomic mass is 35.5. The lowest BCUT2D eigenvalue weighted by molar-refractivity contribution is 0.0316. The Morgan fingerprint density at radius 2 is 1.64 bits per heavy atom. The summed E-state index contributed by atoms with van der Waals surface area (Å²) in [7, 11) is 1.83. The van der Waals surface area contributed by atoms with Gasteiger partial charge in [-0.1, -0.05) is 24.9 Å². The summed E-state index contributed by atoms with van der Waals surface area (Å²) in [6, 6.07) is 0. The van der Waals surface area contributed by atoms with Gasteiger partial charge in [0.25, 0.3) is 0 Å². The fraction of sp³-hybridized carbons (Fsp3) is 0.917. The third-order valence-electron chi connectivity index (χ3n) is 4.79. The summed E-state index contributed by atoms with van der Waals surface area (Å²) >= 11 is 6.26. The van der Waals surface area contributed by atoms with Gasteiger partial charge >= 0.3 is 0 Å². The Kier molecular flexibility index (Phi) is 2.63. The van der Waals surface area contributed by atoms with Crippen LogP contribution >= 0.6 is 11.6 Å². The van der Waals surface area contributed by atoms with Crippen molar-refractivity contribution in [3.05, 3.63) is 0 Å². The Morgan fingerprint density at radius 3 is 2.00 bits per heavy atom. The molecular formula is C12H20ClN. The van der Waals surface area contributed by atoms with Crippen LogP contribution in [0.2, 0.25) is 0 Å². The topological polar surface area (TPSA) is 12.4 Å². The molecule has 2 heteroatoms. The minimum atomic E-state index is 0.285. The Morgan fingerprint density at radius 1 is 1.14 bits per heavy atom. The molecule has 0 atom stereocenters. The normalized spacial score (nSPS) is 42.9. The molecule has 0 unspecified atom stereocenters. The van der Waals surface area contributed by atoms with E-state index in [4.69, 9.17) is 11.6 Å². The van der Waals surface area contributed by atoms with E-state index in [0.29, 0.717) is 5.41 Å². The van der Waals surface area contributed by atoms with Gasteiger partial charge in [0.1, 0.15) is 5.17 Å².